The molecule has 1 aromatic heterocycles. The van der Waals surface area contributed by atoms with Gasteiger partial charge in [0.2, 0.25) is 0 Å². The van der Waals surface area contributed by atoms with Crippen LogP contribution in [0, 0.1) is 5.82 Å². The fourth-order valence-corrected chi connectivity index (χ4v) is 3.08. The molecule has 0 aliphatic carbocycles. The maximum atomic E-state index is 13.7. The molecule has 0 aliphatic heterocycles. The summed E-state index contributed by atoms with van der Waals surface area (Å²) < 4.78 is 14.2. The highest BCUT2D eigenvalue weighted by molar-refractivity contribution is 14.2. The predicted octanol–water partition coefficient (Wildman–Crippen LogP) is 5.16. The lowest BCUT2D eigenvalue weighted by Gasteiger charge is -2.06. The molecule has 1 heterocycles. The zero-order valence-electron chi connectivity index (χ0n) is 8.40. The number of aryl methyl sites for hydroxylation is 1. The monoisotopic (exact) mass is 403 g/mol. The van der Waals surface area contributed by atoms with Crippen LogP contribution < -0.4 is 0 Å². The van der Waals surface area contributed by atoms with E-state index in [1.807, 2.05) is 0 Å². The first kappa shape index (κ1) is 13.7. The molecule has 0 spiro atoms. The van der Waals surface area contributed by atoms with Crippen LogP contribution >= 0.6 is 46.1 Å². The molecule has 1 rings (SSSR count). The average Bonchev–Trinajstić information content (AvgIpc) is 2.25. The van der Waals surface area contributed by atoms with Gasteiger partial charge in [0, 0.05) is 27.4 Å². The summed E-state index contributed by atoms with van der Waals surface area (Å²) in [7, 11) is 1.35. The summed E-state index contributed by atoms with van der Waals surface area (Å²) in [5.74, 6) is -0.184. The van der Waals surface area contributed by atoms with Crippen molar-refractivity contribution in [3.63, 3.8) is 0 Å². The van der Waals surface area contributed by atoms with E-state index in [0.29, 0.717) is 9.37 Å². The average molecular weight is 404 g/mol. The van der Waals surface area contributed by atoms with Crippen molar-refractivity contribution in [1.82, 2.24) is 4.98 Å². The molecule has 0 amide bonds. The maximum Gasteiger partial charge on any atom is 0.155 e. The lowest BCUT2D eigenvalue weighted by atomic mass is 10.1. The molecule has 0 aliphatic rings. The van der Waals surface area contributed by atoms with E-state index in [1.54, 1.807) is 6.20 Å². The van der Waals surface area contributed by atoms with Crippen LogP contribution in [0.5, 0.6) is 0 Å². The van der Waals surface area contributed by atoms with Crippen LogP contribution in [0.15, 0.2) is 15.6 Å². The van der Waals surface area contributed by atoms with Gasteiger partial charge in [-0.3, -0.25) is 4.98 Å². The van der Waals surface area contributed by atoms with Crippen LogP contribution in [0.1, 0.15) is 31.9 Å². The van der Waals surface area contributed by atoms with Crippen LogP contribution in [-0.2, 0) is 6.42 Å². The van der Waals surface area contributed by atoms with Crippen molar-refractivity contribution >= 4 is 46.1 Å². The molecule has 84 valence electrons. The standard InChI is InChI=1S/C10H12BrFINS/c1-2-3-4-5-7-9(11)10(12)8(15-13)6-14-7/h6H,2-5H2,1H3. The van der Waals surface area contributed by atoms with Gasteiger partial charge in [-0.25, -0.2) is 4.39 Å². The summed E-state index contributed by atoms with van der Waals surface area (Å²) in [6.45, 7) is 2.15. The number of hydrogen-bond donors (Lipinski definition) is 0. The van der Waals surface area contributed by atoms with Crippen LogP contribution in [0.25, 0.3) is 0 Å². The number of pyridine rings is 1. The third-order valence-electron chi connectivity index (χ3n) is 2.10. The van der Waals surface area contributed by atoms with Gasteiger partial charge in [0.15, 0.2) is 5.82 Å². The van der Waals surface area contributed by atoms with Gasteiger partial charge < -0.3 is 0 Å². The largest absolute Gasteiger partial charge is 0.259 e. The fraction of sp³-hybridized carbons (Fsp3) is 0.500. The maximum absolute atomic E-state index is 13.7. The molecule has 0 bridgehead atoms. The Balaban J connectivity index is 2.77. The third-order valence-corrected chi connectivity index (χ3v) is 4.78. The van der Waals surface area contributed by atoms with E-state index in [-0.39, 0.29) is 5.82 Å². The molecular formula is C10H12BrFINS. The quantitative estimate of drug-likeness (QED) is 0.497. The summed E-state index contributed by atoms with van der Waals surface area (Å²) in [5, 5.41) is 0. The summed E-state index contributed by atoms with van der Waals surface area (Å²) >= 11 is 5.33. The van der Waals surface area contributed by atoms with Gasteiger partial charge in [0.1, 0.15) is 0 Å². The van der Waals surface area contributed by atoms with Crippen LogP contribution in [0.2, 0.25) is 0 Å². The first-order valence-electron chi connectivity index (χ1n) is 4.82. The summed E-state index contributed by atoms with van der Waals surface area (Å²) in [6, 6.07) is 0. The number of hydrogen-bond acceptors (Lipinski definition) is 2. The molecule has 1 nitrogen and oxygen atoms in total. The van der Waals surface area contributed by atoms with Gasteiger partial charge in [0.05, 0.1) is 15.1 Å². The smallest absolute Gasteiger partial charge is 0.155 e. The number of aromatic nitrogens is 1. The number of halogens is 3. The highest BCUT2D eigenvalue weighted by Gasteiger charge is 2.11. The van der Waals surface area contributed by atoms with Gasteiger partial charge in [-0.1, -0.05) is 19.8 Å². The number of unbranched alkanes of at least 4 members (excludes halogenated alkanes) is 2. The minimum atomic E-state index is -0.184. The molecule has 15 heavy (non-hydrogen) atoms. The van der Waals surface area contributed by atoms with Crippen molar-refractivity contribution < 1.29 is 4.39 Å². The third kappa shape index (κ3) is 3.85. The van der Waals surface area contributed by atoms with Crippen molar-refractivity contribution in [3.8, 4) is 0 Å². The van der Waals surface area contributed by atoms with Gasteiger partial charge in [-0.15, -0.1) is 0 Å². The molecule has 0 atom stereocenters. The lowest BCUT2D eigenvalue weighted by molar-refractivity contribution is 0.584. The second kappa shape index (κ2) is 7.06. The number of nitrogens with zero attached hydrogens (tertiary/aromatic N) is 1. The minimum absolute atomic E-state index is 0.184. The van der Waals surface area contributed by atoms with Crippen molar-refractivity contribution in [3.05, 3.63) is 22.2 Å². The van der Waals surface area contributed by atoms with Crippen LogP contribution in [0.3, 0.4) is 0 Å². The number of rotatable bonds is 5. The Bertz CT molecular complexity index is 335. The molecule has 0 unspecified atom stereocenters. The normalized spacial score (nSPS) is 10.7. The lowest BCUT2D eigenvalue weighted by Crippen LogP contribution is -1.96. The Labute approximate surface area is 114 Å². The molecular weight excluding hydrogens is 392 g/mol. The first-order chi connectivity index (χ1) is 7.20. The summed E-state index contributed by atoms with van der Waals surface area (Å²) in [4.78, 5) is 4.85. The Morgan fingerprint density at radius 3 is 2.87 bits per heavy atom. The van der Waals surface area contributed by atoms with Crippen molar-refractivity contribution in [2.45, 2.75) is 37.5 Å². The highest BCUT2D eigenvalue weighted by atomic mass is 127. The van der Waals surface area contributed by atoms with E-state index >= 15 is 0 Å². The zero-order chi connectivity index (χ0) is 11.3. The Morgan fingerprint density at radius 2 is 2.27 bits per heavy atom. The SMILES string of the molecule is CCCCCc1ncc(SI)c(F)c1Br. The van der Waals surface area contributed by atoms with Crippen LogP contribution in [0.4, 0.5) is 4.39 Å². The zero-order valence-corrected chi connectivity index (χ0v) is 13.0. The molecule has 0 fully saturated rings. The second-order valence-corrected chi connectivity index (χ2v) is 5.94. The van der Waals surface area contributed by atoms with E-state index in [9.17, 15) is 4.39 Å². The van der Waals surface area contributed by atoms with E-state index in [2.05, 4.69) is 49.0 Å². The highest BCUT2D eigenvalue weighted by Crippen LogP contribution is 2.32. The van der Waals surface area contributed by atoms with Crippen molar-refractivity contribution in [2.24, 2.45) is 0 Å². The van der Waals surface area contributed by atoms with Crippen LogP contribution in [-0.4, -0.2) is 4.98 Å². The second-order valence-electron chi connectivity index (χ2n) is 3.23. The van der Waals surface area contributed by atoms with E-state index in [0.717, 1.165) is 18.5 Å². The summed E-state index contributed by atoms with van der Waals surface area (Å²) in [6.07, 6.45) is 5.86. The van der Waals surface area contributed by atoms with E-state index in [4.69, 9.17) is 0 Å². The van der Waals surface area contributed by atoms with Crippen molar-refractivity contribution in [2.75, 3.05) is 0 Å². The van der Waals surface area contributed by atoms with Gasteiger partial charge in [-0.05, 0) is 37.7 Å². The van der Waals surface area contributed by atoms with E-state index in [1.165, 1.54) is 21.8 Å². The van der Waals surface area contributed by atoms with Gasteiger partial charge in [-0.2, -0.15) is 0 Å². The fourth-order valence-electron chi connectivity index (χ4n) is 1.26. The molecule has 0 radical (unpaired) electrons. The molecule has 0 saturated carbocycles. The Hall–Kier alpha value is 0.640. The minimum Gasteiger partial charge on any atom is -0.259 e. The van der Waals surface area contributed by atoms with Gasteiger partial charge in [0.25, 0.3) is 0 Å². The molecule has 1 aromatic rings. The predicted molar refractivity (Wildman–Crippen MR) is 75.0 cm³/mol. The van der Waals surface area contributed by atoms with Gasteiger partial charge >= 0.3 is 0 Å². The molecule has 0 saturated heterocycles. The Morgan fingerprint density at radius 1 is 1.53 bits per heavy atom. The molecule has 0 N–H and O–H groups in total. The molecule has 5 heteroatoms. The molecule has 0 aromatic carbocycles. The summed E-state index contributed by atoms with van der Waals surface area (Å²) in [5.41, 5.74) is 0.829. The van der Waals surface area contributed by atoms with E-state index < -0.39 is 0 Å². The topological polar surface area (TPSA) is 12.9 Å². The van der Waals surface area contributed by atoms with Crippen molar-refractivity contribution in [1.29, 1.82) is 0 Å². The first-order valence-corrected chi connectivity index (χ1v) is 8.97. The Kier molecular flexibility index (Phi) is 6.45.